The Bertz CT molecular complexity index is 705. The molecule has 0 aliphatic heterocycles. The van der Waals surface area contributed by atoms with Crippen molar-refractivity contribution in [1.29, 1.82) is 5.41 Å². The highest BCUT2D eigenvalue weighted by Gasteiger charge is 2.46. The number of anilines is 1. The van der Waals surface area contributed by atoms with Gasteiger partial charge in [0.2, 0.25) is 0 Å². The van der Waals surface area contributed by atoms with E-state index in [2.05, 4.69) is 24.2 Å². The molecule has 1 saturated carbocycles. The van der Waals surface area contributed by atoms with Crippen LogP contribution in [0, 0.1) is 5.41 Å². The molecule has 0 aromatic heterocycles. The third kappa shape index (κ3) is 3.04. The van der Waals surface area contributed by atoms with Gasteiger partial charge in [0.15, 0.2) is 0 Å². The number of rotatable bonds is 2. The Morgan fingerprint density at radius 3 is 2.48 bits per heavy atom. The van der Waals surface area contributed by atoms with Gasteiger partial charge in [0, 0.05) is 11.3 Å². The van der Waals surface area contributed by atoms with Gasteiger partial charge >= 0.3 is 0 Å². The molecule has 2 aliphatic rings. The minimum atomic E-state index is -0.0313. The van der Waals surface area contributed by atoms with Crippen LogP contribution in [0.15, 0.2) is 48.5 Å². The Morgan fingerprint density at radius 1 is 1.04 bits per heavy atom. The van der Waals surface area contributed by atoms with Crippen molar-refractivity contribution >= 4 is 18.3 Å². The standard InChI is InChI=1S/C19H19NO.CH3N/c21-18(15-5-2-1-3-6-15)20-16-9-8-14-7-4-10-19(11-12-19)17(14)13-16;1-2/h1-3,5-6,8-9,13H,4,7,10-12H2,(H,20,21);2H,1H2. The van der Waals surface area contributed by atoms with Crippen molar-refractivity contribution in [3.8, 4) is 0 Å². The molecule has 2 N–H and O–H groups in total. The summed E-state index contributed by atoms with van der Waals surface area (Å²) in [6, 6.07) is 15.8. The van der Waals surface area contributed by atoms with Crippen molar-refractivity contribution in [3.63, 3.8) is 0 Å². The summed E-state index contributed by atoms with van der Waals surface area (Å²) in [4.78, 5) is 12.2. The summed E-state index contributed by atoms with van der Waals surface area (Å²) in [7, 11) is 0. The van der Waals surface area contributed by atoms with E-state index >= 15 is 0 Å². The van der Waals surface area contributed by atoms with Gasteiger partial charge in [0.1, 0.15) is 0 Å². The summed E-state index contributed by atoms with van der Waals surface area (Å²) in [5, 5.41) is 8.53. The Balaban J connectivity index is 0.000000753. The zero-order chi connectivity index (χ0) is 16.3. The molecule has 2 aliphatic carbocycles. The zero-order valence-corrected chi connectivity index (χ0v) is 13.3. The van der Waals surface area contributed by atoms with E-state index in [1.54, 1.807) is 0 Å². The molecule has 0 unspecified atom stereocenters. The van der Waals surface area contributed by atoms with Crippen LogP contribution >= 0.6 is 0 Å². The molecule has 1 amide bonds. The van der Waals surface area contributed by atoms with E-state index in [0.29, 0.717) is 11.0 Å². The van der Waals surface area contributed by atoms with Crippen molar-refractivity contribution in [2.24, 2.45) is 0 Å². The van der Waals surface area contributed by atoms with Crippen LogP contribution in [0.2, 0.25) is 0 Å². The minimum Gasteiger partial charge on any atom is -0.322 e. The van der Waals surface area contributed by atoms with E-state index in [1.165, 1.54) is 43.2 Å². The first-order valence-electron chi connectivity index (χ1n) is 8.12. The van der Waals surface area contributed by atoms with Gasteiger partial charge in [-0.05, 0) is 79.6 Å². The van der Waals surface area contributed by atoms with Crippen molar-refractivity contribution < 1.29 is 4.79 Å². The number of amides is 1. The Kier molecular flexibility index (Phi) is 4.28. The van der Waals surface area contributed by atoms with Gasteiger partial charge in [0.25, 0.3) is 5.91 Å². The summed E-state index contributed by atoms with van der Waals surface area (Å²) >= 11 is 0. The number of carbonyl (C=O) groups is 1. The minimum absolute atomic E-state index is 0.0313. The molecule has 2 aromatic carbocycles. The number of carbonyl (C=O) groups excluding carboxylic acids is 1. The SMILES string of the molecule is C=N.O=C(Nc1ccc2c(c1)C1(CCC2)CC1)c1ccccc1. The van der Waals surface area contributed by atoms with Gasteiger partial charge in [-0.3, -0.25) is 4.79 Å². The number of aryl methyl sites for hydroxylation is 1. The van der Waals surface area contributed by atoms with E-state index in [4.69, 9.17) is 5.41 Å². The van der Waals surface area contributed by atoms with Gasteiger partial charge < -0.3 is 10.7 Å². The molecule has 0 radical (unpaired) electrons. The van der Waals surface area contributed by atoms with Crippen LogP contribution in [0.4, 0.5) is 5.69 Å². The maximum Gasteiger partial charge on any atom is 0.255 e. The second kappa shape index (κ2) is 6.37. The maximum atomic E-state index is 12.2. The first-order valence-corrected chi connectivity index (χ1v) is 8.12. The van der Waals surface area contributed by atoms with Crippen LogP contribution in [0.5, 0.6) is 0 Å². The van der Waals surface area contributed by atoms with E-state index < -0.39 is 0 Å². The fourth-order valence-electron chi connectivity index (χ4n) is 3.58. The molecule has 1 spiro atoms. The highest BCUT2D eigenvalue weighted by atomic mass is 16.1. The summed E-state index contributed by atoms with van der Waals surface area (Å²) < 4.78 is 0. The molecule has 118 valence electrons. The molecule has 2 aromatic rings. The summed E-state index contributed by atoms with van der Waals surface area (Å²) in [5.74, 6) is -0.0313. The Morgan fingerprint density at radius 2 is 1.78 bits per heavy atom. The van der Waals surface area contributed by atoms with Crippen molar-refractivity contribution in [1.82, 2.24) is 0 Å². The normalized spacial score (nSPS) is 16.7. The molecule has 1 fully saturated rings. The lowest BCUT2D eigenvalue weighted by Gasteiger charge is -2.26. The van der Waals surface area contributed by atoms with Gasteiger partial charge in [-0.2, -0.15) is 0 Å². The third-order valence-corrected chi connectivity index (χ3v) is 4.93. The van der Waals surface area contributed by atoms with Gasteiger partial charge in [-0.25, -0.2) is 0 Å². The summed E-state index contributed by atoms with van der Waals surface area (Å²) in [5.41, 5.74) is 5.05. The fraction of sp³-hybridized carbons (Fsp3) is 0.300. The predicted molar refractivity (Wildman–Crippen MR) is 94.5 cm³/mol. The van der Waals surface area contributed by atoms with E-state index in [1.807, 2.05) is 36.4 Å². The molecule has 0 bridgehead atoms. The maximum absolute atomic E-state index is 12.2. The number of nitrogens with one attached hydrogen (secondary N) is 2. The second-order valence-electron chi connectivity index (χ2n) is 6.33. The van der Waals surface area contributed by atoms with Crippen molar-refractivity contribution in [2.45, 2.75) is 37.5 Å². The van der Waals surface area contributed by atoms with E-state index in [-0.39, 0.29) is 5.91 Å². The zero-order valence-electron chi connectivity index (χ0n) is 13.3. The van der Waals surface area contributed by atoms with Gasteiger partial charge in [-0.1, -0.05) is 24.3 Å². The predicted octanol–water partition coefficient (Wildman–Crippen LogP) is 4.57. The molecule has 23 heavy (non-hydrogen) atoms. The van der Waals surface area contributed by atoms with Crippen LogP contribution in [0.3, 0.4) is 0 Å². The number of benzene rings is 2. The molecular formula is C20H22N2O. The third-order valence-electron chi connectivity index (χ3n) is 4.93. The molecule has 0 atom stereocenters. The Labute approximate surface area is 137 Å². The summed E-state index contributed by atoms with van der Waals surface area (Å²) in [6.45, 7) is 2.50. The van der Waals surface area contributed by atoms with Crippen molar-refractivity contribution in [2.75, 3.05) is 5.32 Å². The monoisotopic (exact) mass is 306 g/mol. The first kappa shape index (κ1) is 15.5. The largest absolute Gasteiger partial charge is 0.322 e. The molecule has 3 nitrogen and oxygen atoms in total. The van der Waals surface area contributed by atoms with E-state index in [9.17, 15) is 4.79 Å². The van der Waals surface area contributed by atoms with Crippen LogP contribution < -0.4 is 5.32 Å². The van der Waals surface area contributed by atoms with Crippen LogP contribution in [-0.4, -0.2) is 12.6 Å². The van der Waals surface area contributed by atoms with Gasteiger partial charge in [-0.15, -0.1) is 0 Å². The fourth-order valence-corrected chi connectivity index (χ4v) is 3.58. The van der Waals surface area contributed by atoms with E-state index in [0.717, 1.165) is 5.69 Å². The highest BCUT2D eigenvalue weighted by molar-refractivity contribution is 6.04. The highest BCUT2D eigenvalue weighted by Crippen LogP contribution is 2.55. The smallest absolute Gasteiger partial charge is 0.255 e. The van der Waals surface area contributed by atoms with Crippen molar-refractivity contribution in [3.05, 3.63) is 65.2 Å². The quantitative estimate of drug-likeness (QED) is 0.784. The molecule has 3 heteroatoms. The molecule has 0 saturated heterocycles. The first-order chi connectivity index (χ1) is 11.3. The molecular weight excluding hydrogens is 284 g/mol. The molecule has 0 heterocycles. The average molecular weight is 306 g/mol. The number of hydrogen-bond donors (Lipinski definition) is 2. The lowest BCUT2D eigenvalue weighted by atomic mass is 9.80. The van der Waals surface area contributed by atoms with Crippen LogP contribution in [0.1, 0.15) is 47.2 Å². The number of hydrogen-bond acceptors (Lipinski definition) is 2. The van der Waals surface area contributed by atoms with Crippen LogP contribution in [-0.2, 0) is 11.8 Å². The topological polar surface area (TPSA) is 53.0 Å². The number of fused-ring (bicyclic) bond motifs is 2. The lowest BCUT2D eigenvalue weighted by molar-refractivity contribution is 0.102. The second-order valence-corrected chi connectivity index (χ2v) is 6.33. The van der Waals surface area contributed by atoms with Gasteiger partial charge in [0.05, 0.1) is 0 Å². The molecule has 4 rings (SSSR count). The Hall–Kier alpha value is -2.42. The lowest BCUT2D eigenvalue weighted by Crippen LogP contribution is -2.17. The van der Waals surface area contributed by atoms with Crippen LogP contribution in [0.25, 0.3) is 0 Å². The average Bonchev–Trinajstić information content (AvgIpc) is 3.38. The summed E-state index contributed by atoms with van der Waals surface area (Å²) in [6.07, 6.45) is 6.44.